The second kappa shape index (κ2) is 11.4. The van der Waals surface area contributed by atoms with Gasteiger partial charge in [-0.2, -0.15) is 0 Å². The Labute approximate surface area is 155 Å². The number of rotatable bonds is 7. The highest BCUT2D eigenvalue weighted by Crippen LogP contribution is 2.11. The number of hydrogen-bond acceptors (Lipinski definition) is 4. The molecule has 2 rings (SSSR count). The molecule has 0 aliphatic rings. The van der Waals surface area contributed by atoms with E-state index in [1.807, 2.05) is 60.7 Å². The van der Waals surface area contributed by atoms with Gasteiger partial charge >= 0.3 is 0 Å². The van der Waals surface area contributed by atoms with Gasteiger partial charge in [-0.15, -0.1) is 24.8 Å². The highest BCUT2D eigenvalue weighted by molar-refractivity contribution is 5.85. The minimum atomic E-state index is -1.06. The van der Waals surface area contributed by atoms with Crippen molar-refractivity contribution in [3.8, 4) is 0 Å². The van der Waals surface area contributed by atoms with Gasteiger partial charge in [0.15, 0.2) is 0 Å². The first kappa shape index (κ1) is 22.9. The molecule has 4 nitrogen and oxygen atoms in total. The molecule has 0 aliphatic carbocycles. The third-order valence-electron chi connectivity index (χ3n) is 3.86. The highest BCUT2D eigenvalue weighted by Gasteiger charge is 2.28. The summed E-state index contributed by atoms with van der Waals surface area (Å²) in [6, 6.07) is 18.2. The summed E-state index contributed by atoms with van der Waals surface area (Å²) in [6.07, 6.45) is -1.12. The molecule has 0 aliphatic heterocycles. The van der Waals surface area contributed by atoms with Crippen LogP contribution in [0.5, 0.6) is 0 Å². The highest BCUT2D eigenvalue weighted by atomic mass is 35.5. The Morgan fingerprint density at radius 3 is 1.21 bits per heavy atom. The van der Waals surface area contributed by atoms with Crippen molar-refractivity contribution in [1.29, 1.82) is 0 Å². The fourth-order valence-corrected chi connectivity index (χ4v) is 2.52. The first-order valence-electron chi connectivity index (χ1n) is 7.53. The number of halogens is 2. The second-order valence-corrected chi connectivity index (χ2v) is 5.69. The lowest BCUT2D eigenvalue weighted by molar-refractivity contribution is -0.00975. The topological polar surface area (TPSA) is 92.5 Å². The molecule has 6 heteroatoms. The average molecular weight is 373 g/mol. The third-order valence-corrected chi connectivity index (χ3v) is 3.86. The Morgan fingerprint density at radius 1 is 0.625 bits per heavy atom. The summed E-state index contributed by atoms with van der Waals surface area (Å²) in [5, 5.41) is 20.5. The van der Waals surface area contributed by atoms with E-state index in [1.54, 1.807) is 0 Å². The first-order chi connectivity index (χ1) is 10.6. The molecule has 4 atom stereocenters. The predicted molar refractivity (Wildman–Crippen MR) is 103 cm³/mol. The van der Waals surface area contributed by atoms with Crippen LogP contribution in [0.4, 0.5) is 0 Å². The predicted octanol–water partition coefficient (Wildman–Crippen LogP) is 1.69. The lowest BCUT2D eigenvalue weighted by Crippen LogP contribution is -2.52. The van der Waals surface area contributed by atoms with Crippen LogP contribution in [0.3, 0.4) is 0 Å². The smallest absolute Gasteiger partial charge is 0.0968 e. The molecule has 0 bridgehead atoms. The fourth-order valence-electron chi connectivity index (χ4n) is 2.52. The van der Waals surface area contributed by atoms with E-state index in [9.17, 15) is 10.2 Å². The van der Waals surface area contributed by atoms with Crippen LogP contribution in [0.1, 0.15) is 11.1 Å². The zero-order valence-electron chi connectivity index (χ0n) is 13.4. The van der Waals surface area contributed by atoms with Crippen molar-refractivity contribution in [3.05, 3.63) is 71.8 Å². The number of aliphatic hydroxyl groups excluding tert-OH is 2. The second-order valence-electron chi connectivity index (χ2n) is 5.69. The Morgan fingerprint density at radius 2 is 0.917 bits per heavy atom. The molecule has 0 aromatic heterocycles. The molecule has 0 saturated heterocycles. The molecule has 0 radical (unpaired) electrons. The van der Waals surface area contributed by atoms with Gasteiger partial charge in [0, 0.05) is 12.1 Å². The summed E-state index contributed by atoms with van der Waals surface area (Å²) in [6.45, 7) is 0. The zero-order valence-corrected chi connectivity index (χ0v) is 15.0. The van der Waals surface area contributed by atoms with Gasteiger partial charge in [-0.3, -0.25) is 0 Å². The van der Waals surface area contributed by atoms with Gasteiger partial charge in [0.05, 0.1) is 12.2 Å². The first-order valence-corrected chi connectivity index (χ1v) is 7.53. The van der Waals surface area contributed by atoms with Gasteiger partial charge in [-0.05, 0) is 24.0 Å². The Bertz CT molecular complexity index is 506. The van der Waals surface area contributed by atoms with E-state index in [2.05, 4.69) is 0 Å². The summed E-state index contributed by atoms with van der Waals surface area (Å²) in [5.74, 6) is 0. The zero-order chi connectivity index (χ0) is 15.9. The summed E-state index contributed by atoms with van der Waals surface area (Å²) in [7, 11) is 0. The normalized spacial score (nSPS) is 15.3. The SMILES string of the molecule is Cl.Cl.N[C@@H](Cc1ccccc1)[C@H](O)[C@@H](O)[C@@H](N)Cc1ccccc1. The molecule has 0 amide bonds. The molecule has 0 unspecified atom stereocenters. The summed E-state index contributed by atoms with van der Waals surface area (Å²) < 4.78 is 0. The van der Waals surface area contributed by atoms with Gasteiger partial charge in [-0.1, -0.05) is 60.7 Å². The van der Waals surface area contributed by atoms with Gasteiger partial charge in [0.1, 0.15) is 0 Å². The lowest BCUT2D eigenvalue weighted by atomic mass is 9.92. The fraction of sp³-hybridized carbons (Fsp3) is 0.333. The summed E-state index contributed by atoms with van der Waals surface area (Å²) in [4.78, 5) is 0. The van der Waals surface area contributed by atoms with Crippen LogP contribution in [0, 0.1) is 0 Å². The van der Waals surface area contributed by atoms with E-state index in [0.717, 1.165) is 11.1 Å². The molecule has 0 saturated carbocycles. The monoisotopic (exact) mass is 372 g/mol. The maximum atomic E-state index is 10.2. The Kier molecular flexibility index (Phi) is 10.9. The van der Waals surface area contributed by atoms with Crippen molar-refractivity contribution in [2.45, 2.75) is 37.1 Å². The van der Waals surface area contributed by atoms with Crippen molar-refractivity contribution in [2.75, 3.05) is 0 Å². The number of benzene rings is 2. The number of nitrogens with two attached hydrogens (primary N) is 2. The Hall–Kier alpha value is -1.14. The van der Waals surface area contributed by atoms with Crippen LogP contribution >= 0.6 is 24.8 Å². The molecule has 0 heterocycles. The molecule has 2 aromatic carbocycles. The van der Waals surface area contributed by atoms with Crippen molar-refractivity contribution < 1.29 is 10.2 Å². The van der Waals surface area contributed by atoms with Gasteiger partial charge in [0.2, 0.25) is 0 Å². The van der Waals surface area contributed by atoms with Crippen molar-refractivity contribution in [1.82, 2.24) is 0 Å². The van der Waals surface area contributed by atoms with Crippen molar-refractivity contribution in [3.63, 3.8) is 0 Å². The van der Waals surface area contributed by atoms with Crippen LogP contribution < -0.4 is 11.5 Å². The van der Waals surface area contributed by atoms with Gasteiger partial charge in [-0.25, -0.2) is 0 Å². The minimum Gasteiger partial charge on any atom is -0.389 e. The van der Waals surface area contributed by atoms with E-state index >= 15 is 0 Å². The largest absolute Gasteiger partial charge is 0.389 e. The number of aliphatic hydroxyl groups is 2. The summed E-state index contributed by atoms with van der Waals surface area (Å²) >= 11 is 0. The maximum absolute atomic E-state index is 10.2. The van der Waals surface area contributed by atoms with E-state index < -0.39 is 24.3 Å². The van der Waals surface area contributed by atoms with Gasteiger partial charge in [0.25, 0.3) is 0 Å². The van der Waals surface area contributed by atoms with Gasteiger partial charge < -0.3 is 21.7 Å². The average Bonchev–Trinajstić information content (AvgIpc) is 2.55. The van der Waals surface area contributed by atoms with Crippen LogP contribution in [0.15, 0.2) is 60.7 Å². The molecule has 24 heavy (non-hydrogen) atoms. The van der Waals surface area contributed by atoms with Crippen molar-refractivity contribution in [2.24, 2.45) is 11.5 Å². The Balaban J connectivity index is 0.00000264. The minimum absolute atomic E-state index is 0. The molecule has 2 aromatic rings. The molecular weight excluding hydrogens is 347 g/mol. The summed E-state index contributed by atoms with van der Waals surface area (Å²) in [5.41, 5.74) is 14.1. The van der Waals surface area contributed by atoms with E-state index in [4.69, 9.17) is 11.5 Å². The quantitative estimate of drug-likeness (QED) is 0.594. The van der Waals surface area contributed by atoms with E-state index in [0.29, 0.717) is 12.8 Å². The molecular formula is C18H26Cl2N2O2. The van der Waals surface area contributed by atoms with Crippen LogP contribution in [-0.2, 0) is 12.8 Å². The van der Waals surface area contributed by atoms with Crippen LogP contribution in [0.2, 0.25) is 0 Å². The molecule has 0 spiro atoms. The molecule has 134 valence electrons. The maximum Gasteiger partial charge on any atom is 0.0968 e. The van der Waals surface area contributed by atoms with E-state index in [-0.39, 0.29) is 24.8 Å². The standard InChI is InChI=1S/C18H24N2O2.2ClH/c19-15(11-13-7-3-1-4-8-13)17(21)18(22)16(20)12-14-9-5-2-6-10-14;;/h1-10,15-18,21-22H,11-12,19-20H2;2*1H/t15-,16-,17-,18-;;/m0../s1. The molecule has 0 fully saturated rings. The van der Waals surface area contributed by atoms with E-state index in [1.165, 1.54) is 0 Å². The molecule has 6 N–H and O–H groups in total. The number of hydrogen-bond donors (Lipinski definition) is 4. The third kappa shape index (κ3) is 6.77. The lowest BCUT2D eigenvalue weighted by Gasteiger charge is -2.28. The van der Waals surface area contributed by atoms with Crippen LogP contribution in [-0.4, -0.2) is 34.5 Å². The van der Waals surface area contributed by atoms with Crippen LogP contribution in [0.25, 0.3) is 0 Å². The van der Waals surface area contributed by atoms with Crippen molar-refractivity contribution >= 4 is 24.8 Å².